The van der Waals surface area contributed by atoms with E-state index in [1.165, 1.54) is 12.1 Å². The van der Waals surface area contributed by atoms with E-state index in [0.29, 0.717) is 33.5 Å². The quantitative estimate of drug-likeness (QED) is 0.405. The molecule has 1 aliphatic rings. The first-order chi connectivity index (χ1) is 15.0. The minimum Gasteiger partial charge on any atom is -0.488 e. The molecule has 1 aliphatic heterocycles. The summed E-state index contributed by atoms with van der Waals surface area (Å²) >= 11 is 0. The summed E-state index contributed by atoms with van der Waals surface area (Å²) in [4.78, 5) is 17.3. The number of pyridine rings is 1. The molecular weight excluding hydrogens is 403 g/mol. The van der Waals surface area contributed by atoms with Crippen LogP contribution in [0.5, 0.6) is 5.75 Å². The monoisotopic (exact) mass is 417 g/mol. The zero-order chi connectivity index (χ0) is 21.5. The largest absolute Gasteiger partial charge is 0.488 e. The van der Waals surface area contributed by atoms with E-state index in [0.717, 1.165) is 12.1 Å². The molecule has 3 aromatic carbocycles. The second kappa shape index (κ2) is 7.40. The average molecular weight is 417 g/mol. The lowest BCUT2D eigenvalue weighted by atomic mass is 9.97. The molecule has 0 N–H and O–H groups in total. The van der Waals surface area contributed by atoms with Gasteiger partial charge in [-0.1, -0.05) is 30.3 Å². The van der Waals surface area contributed by atoms with Crippen LogP contribution >= 0.6 is 0 Å². The Morgan fingerprint density at radius 3 is 2.55 bits per heavy atom. The van der Waals surface area contributed by atoms with Crippen LogP contribution in [0, 0.1) is 17.5 Å². The minimum atomic E-state index is -0.956. The topological polar surface area (TPSA) is 39.2 Å². The first-order valence-corrected chi connectivity index (χ1v) is 9.52. The van der Waals surface area contributed by atoms with Crippen LogP contribution in [0.15, 0.2) is 60.7 Å². The fraction of sp³-hybridized carbons (Fsp3) is 0.0400. The number of halogens is 3. The molecule has 4 aromatic rings. The lowest BCUT2D eigenvalue weighted by Crippen LogP contribution is -2.04. The summed E-state index contributed by atoms with van der Waals surface area (Å²) in [6.45, 7) is -0.0197. The van der Waals surface area contributed by atoms with Crippen molar-refractivity contribution in [3.63, 3.8) is 0 Å². The first-order valence-electron chi connectivity index (χ1n) is 9.52. The van der Waals surface area contributed by atoms with Crippen LogP contribution < -0.4 is 4.74 Å². The van der Waals surface area contributed by atoms with Gasteiger partial charge in [-0.05, 0) is 42.0 Å². The number of fused-ring (bicyclic) bond motifs is 3. The van der Waals surface area contributed by atoms with E-state index in [9.17, 15) is 18.0 Å². The number of aromatic nitrogens is 1. The van der Waals surface area contributed by atoms with Gasteiger partial charge < -0.3 is 4.74 Å². The highest BCUT2D eigenvalue weighted by molar-refractivity contribution is 6.12. The standard InChI is InChI=1S/C25H14F3NO2/c26-20-3-1-2-17-19(20)13-31-24-9-5-14(10-18(24)25(17)30)4-7-16-8-6-15-11-21(27)22(28)12-23(15)29-16/h1-12H,13H2. The van der Waals surface area contributed by atoms with Gasteiger partial charge >= 0.3 is 0 Å². The van der Waals surface area contributed by atoms with Gasteiger partial charge in [0.1, 0.15) is 18.2 Å². The van der Waals surface area contributed by atoms with Crippen molar-refractivity contribution >= 4 is 28.8 Å². The predicted molar refractivity (Wildman–Crippen MR) is 111 cm³/mol. The van der Waals surface area contributed by atoms with E-state index in [-0.39, 0.29) is 23.5 Å². The predicted octanol–water partition coefficient (Wildman–Crippen LogP) is 5.95. The Balaban J connectivity index is 1.49. The fourth-order valence-corrected chi connectivity index (χ4v) is 3.58. The minimum absolute atomic E-state index is 0.0197. The summed E-state index contributed by atoms with van der Waals surface area (Å²) < 4.78 is 46.6. The summed E-state index contributed by atoms with van der Waals surface area (Å²) in [5.74, 6) is -2.27. The lowest BCUT2D eigenvalue weighted by Gasteiger charge is -2.07. The molecule has 6 heteroatoms. The Kier molecular flexibility index (Phi) is 4.55. The number of rotatable bonds is 2. The Bertz CT molecular complexity index is 1400. The van der Waals surface area contributed by atoms with Gasteiger partial charge in [-0.3, -0.25) is 4.79 Å². The molecule has 1 aromatic heterocycles. The van der Waals surface area contributed by atoms with Gasteiger partial charge in [0.2, 0.25) is 0 Å². The molecule has 0 aliphatic carbocycles. The zero-order valence-electron chi connectivity index (χ0n) is 16.0. The number of hydrogen-bond acceptors (Lipinski definition) is 3. The van der Waals surface area contributed by atoms with Gasteiger partial charge in [0, 0.05) is 22.6 Å². The van der Waals surface area contributed by atoms with E-state index in [4.69, 9.17) is 4.74 Å². The Morgan fingerprint density at radius 2 is 1.68 bits per heavy atom. The molecule has 31 heavy (non-hydrogen) atoms. The van der Waals surface area contributed by atoms with Gasteiger partial charge in [-0.25, -0.2) is 18.2 Å². The lowest BCUT2D eigenvalue weighted by molar-refractivity contribution is 0.103. The SMILES string of the molecule is O=C1c2cc(C=Cc3ccc4cc(F)c(F)cc4n3)ccc2OCc2c(F)cccc21. The van der Waals surface area contributed by atoms with Gasteiger partial charge in [-0.15, -0.1) is 0 Å². The highest BCUT2D eigenvalue weighted by atomic mass is 19.2. The van der Waals surface area contributed by atoms with Crippen LogP contribution in [0.4, 0.5) is 13.2 Å². The number of carbonyl (C=O) groups excluding carboxylic acids is 1. The molecule has 2 heterocycles. The van der Waals surface area contributed by atoms with Crippen molar-refractivity contribution in [1.29, 1.82) is 0 Å². The van der Waals surface area contributed by atoms with Crippen molar-refractivity contribution in [2.24, 2.45) is 0 Å². The van der Waals surface area contributed by atoms with E-state index in [1.807, 2.05) is 0 Å². The van der Waals surface area contributed by atoms with Crippen LogP contribution in [-0.4, -0.2) is 10.8 Å². The van der Waals surface area contributed by atoms with Gasteiger partial charge in [0.05, 0.1) is 16.8 Å². The number of hydrogen-bond donors (Lipinski definition) is 0. The van der Waals surface area contributed by atoms with Crippen LogP contribution in [0.2, 0.25) is 0 Å². The molecule has 0 radical (unpaired) electrons. The van der Waals surface area contributed by atoms with E-state index in [2.05, 4.69) is 4.98 Å². The highest BCUT2D eigenvalue weighted by Crippen LogP contribution is 2.31. The van der Waals surface area contributed by atoms with Gasteiger partial charge in [0.15, 0.2) is 17.4 Å². The third-order valence-corrected chi connectivity index (χ3v) is 5.18. The molecule has 152 valence electrons. The maximum absolute atomic E-state index is 14.1. The van der Waals surface area contributed by atoms with Crippen LogP contribution in [0.3, 0.4) is 0 Å². The van der Waals surface area contributed by atoms with Crippen LogP contribution in [0.1, 0.15) is 32.7 Å². The summed E-state index contributed by atoms with van der Waals surface area (Å²) in [5.41, 5.74) is 2.46. The van der Waals surface area contributed by atoms with Crippen molar-refractivity contribution in [3.05, 3.63) is 106 Å². The smallest absolute Gasteiger partial charge is 0.197 e. The zero-order valence-corrected chi connectivity index (χ0v) is 16.0. The number of benzene rings is 3. The Labute approximate surface area is 175 Å². The van der Waals surface area contributed by atoms with E-state index in [1.54, 1.807) is 48.6 Å². The van der Waals surface area contributed by atoms with Crippen LogP contribution in [-0.2, 0) is 6.61 Å². The number of ketones is 1. The van der Waals surface area contributed by atoms with E-state index < -0.39 is 17.5 Å². The Hall–Kier alpha value is -3.93. The number of ether oxygens (including phenoxy) is 1. The highest BCUT2D eigenvalue weighted by Gasteiger charge is 2.24. The molecule has 0 saturated heterocycles. The third kappa shape index (κ3) is 3.46. The van der Waals surface area contributed by atoms with Crippen molar-refractivity contribution in [2.75, 3.05) is 0 Å². The molecule has 0 atom stereocenters. The average Bonchev–Trinajstić information content (AvgIpc) is 2.91. The molecule has 3 nitrogen and oxygen atoms in total. The molecule has 0 bridgehead atoms. The van der Waals surface area contributed by atoms with Gasteiger partial charge in [-0.2, -0.15) is 0 Å². The van der Waals surface area contributed by atoms with Crippen LogP contribution in [0.25, 0.3) is 23.1 Å². The molecule has 0 unspecified atom stereocenters. The molecule has 5 rings (SSSR count). The van der Waals surface area contributed by atoms with Crippen molar-refractivity contribution < 1.29 is 22.7 Å². The number of nitrogens with zero attached hydrogens (tertiary/aromatic N) is 1. The van der Waals surface area contributed by atoms with E-state index >= 15 is 0 Å². The van der Waals surface area contributed by atoms with Crippen molar-refractivity contribution in [2.45, 2.75) is 6.61 Å². The summed E-state index contributed by atoms with van der Waals surface area (Å²) in [5, 5.41) is 0.495. The molecule has 0 spiro atoms. The summed E-state index contributed by atoms with van der Waals surface area (Å²) in [7, 11) is 0. The first kappa shape index (κ1) is 19.1. The second-order valence-electron chi connectivity index (χ2n) is 7.17. The normalized spacial score (nSPS) is 13.1. The second-order valence-corrected chi connectivity index (χ2v) is 7.17. The maximum atomic E-state index is 14.1. The molecule has 0 fully saturated rings. The van der Waals surface area contributed by atoms with Gasteiger partial charge in [0.25, 0.3) is 0 Å². The molecular formula is C25H14F3NO2. The van der Waals surface area contributed by atoms with Crippen molar-refractivity contribution in [1.82, 2.24) is 4.98 Å². The molecule has 0 amide bonds. The maximum Gasteiger partial charge on any atom is 0.197 e. The fourth-order valence-electron chi connectivity index (χ4n) is 3.58. The third-order valence-electron chi connectivity index (χ3n) is 5.18. The van der Waals surface area contributed by atoms with Crippen molar-refractivity contribution in [3.8, 4) is 5.75 Å². The number of carbonyl (C=O) groups is 1. The summed E-state index contributed by atoms with van der Waals surface area (Å²) in [6.07, 6.45) is 3.46. The Morgan fingerprint density at radius 1 is 0.839 bits per heavy atom. The molecule has 0 saturated carbocycles. The summed E-state index contributed by atoms with van der Waals surface area (Å²) in [6, 6.07) is 15.0.